The van der Waals surface area contributed by atoms with Gasteiger partial charge in [0.2, 0.25) is 5.91 Å². The van der Waals surface area contributed by atoms with E-state index < -0.39 is 0 Å². The Kier molecular flexibility index (Phi) is 7.42. The van der Waals surface area contributed by atoms with E-state index in [1.165, 1.54) is 0 Å². The molecule has 1 fully saturated rings. The van der Waals surface area contributed by atoms with Crippen LogP contribution in [0, 0.1) is 0 Å². The second-order valence-electron chi connectivity index (χ2n) is 7.43. The molecule has 1 heterocycles. The first-order chi connectivity index (χ1) is 14.1. The Morgan fingerprint density at radius 2 is 1.48 bits per heavy atom. The molecule has 2 amide bonds. The molecule has 1 aliphatic heterocycles. The number of hydrogen-bond acceptors (Lipinski definition) is 3. The highest BCUT2D eigenvalue weighted by Gasteiger charge is 2.22. The Labute approximate surface area is 173 Å². The lowest BCUT2D eigenvalue weighted by molar-refractivity contribution is -0.132. The number of carbonyl (C=O) groups is 2. The lowest BCUT2D eigenvalue weighted by Gasteiger charge is -2.25. The number of benzene rings is 2. The van der Waals surface area contributed by atoms with Crippen molar-refractivity contribution in [2.24, 2.45) is 0 Å². The maximum absolute atomic E-state index is 13.0. The van der Waals surface area contributed by atoms with Gasteiger partial charge in [-0.25, -0.2) is 0 Å². The summed E-state index contributed by atoms with van der Waals surface area (Å²) in [5.41, 5.74) is 2.98. The Hall–Kier alpha value is -2.66. The van der Waals surface area contributed by atoms with Crippen LogP contribution in [-0.4, -0.2) is 72.3 Å². The van der Waals surface area contributed by atoms with E-state index in [0.29, 0.717) is 13.1 Å². The Morgan fingerprint density at radius 3 is 2.14 bits per heavy atom. The molecule has 5 nitrogen and oxygen atoms in total. The summed E-state index contributed by atoms with van der Waals surface area (Å²) in [5.74, 6) is 0.243. The molecule has 2 aromatic carbocycles. The number of amides is 2. The highest BCUT2D eigenvalue weighted by atomic mass is 16.2. The quantitative estimate of drug-likeness (QED) is 0.756. The van der Waals surface area contributed by atoms with Gasteiger partial charge in [0.1, 0.15) is 0 Å². The van der Waals surface area contributed by atoms with Crippen LogP contribution in [0.15, 0.2) is 54.6 Å². The average molecular weight is 394 g/mol. The van der Waals surface area contributed by atoms with Crippen molar-refractivity contribution in [2.45, 2.75) is 20.3 Å². The van der Waals surface area contributed by atoms with Crippen molar-refractivity contribution in [1.82, 2.24) is 14.7 Å². The van der Waals surface area contributed by atoms with E-state index in [9.17, 15) is 9.59 Å². The van der Waals surface area contributed by atoms with Gasteiger partial charge >= 0.3 is 0 Å². The highest BCUT2D eigenvalue weighted by Crippen LogP contribution is 2.20. The molecule has 0 saturated carbocycles. The molecule has 1 aliphatic rings. The van der Waals surface area contributed by atoms with Gasteiger partial charge < -0.3 is 9.80 Å². The van der Waals surface area contributed by atoms with Crippen LogP contribution < -0.4 is 0 Å². The minimum Gasteiger partial charge on any atom is -0.342 e. The fourth-order valence-corrected chi connectivity index (χ4v) is 3.82. The molecule has 0 bridgehead atoms. The minimum absolute atomic E-state index is 0.0709. The molecule has 0 atom stereocenters. The largest absolute Gasteiger partial charge is 0.342 e. The highest BCUT2D eigenvalue weighted by molar-refractivity contribution is 5.94. The first-order valence-electron chi connectivity index (χ1n) is 10.6. The topological polar surface area (TPSA) is 43.9 Å². The summed E-state index contributed by atoms with van der Waals surface area (Å²) in [6, 6.07) is 18.0. The monoisotopic (exact) mass is 393 g/mol. The molecule has 0 aromatic heterocycles. The van der Waals surface area contributed by atoms with E-state index in [0.717, 1.165) is 55.8 Å². The third-order valence-electron chi connectivity index (χ3n) is 5.59. The predicted molar refractivity (Wildman–Crippen MR) is 117 cm³/mol. The molecule has 29 heavy (non-hydrogen) atoms. The third-order valence-corrected chi connectivity index (χ3v) is 5.59. The molecule has 2 aromatic rings. The average Bonchev–Trinajstić information content (AvgIpc) is 3.00. The summed E-state index contributed by atoms with van der Waals surface area (Å²) >= 11 is 0. The summed E-state index contributed by atoms with van der Waals surface area (Å²) < 4.78 is 0. The van der Waals surface area contributed by atoms with E-state index in [2.05, 4.69) is 17.0 Å². The number of carbonyl (C=O) groups excluding carboxylic acids is 2. The van der Waals surface area contributed by atoms with Gasteiger partial charge in [-0.1, -0.05) is 42.5 Å². The molecule has 3 rings (SSSR count). The van der Waals surface area contributed by atoms with Crippen LogP contribution in [0.25, 0.3) is 11.1 Å². The Morgan fingerprint density at radius 1 is 0.828 bits per heavy atom. The summed E-state index contributed by atoms with van der Waals surface area (Å²) in [6.45, 7) is 8.92. The van der Waals surface area contributed by atoms with Crippen molar-refractivity contribution in [2.75, 3.05) is 45.8 Å². The normalized spacial score (nSPS) is 15.0. The second-order valence-corrected chi connectivity index (χ2v) is 7.43. The second kappa shape index (κ2) is 10.2. The fourth-order valence-electron chi connectivity index (χ4n) is 3.82. The van der Waals surface area contributed by atoms with Crippen LogP contribution in [-0.2, 0) is 4.79 Å². The van der Waals surface area contributed by atoms with E-state index in [4.69, 9.17) is 0 Å². The predicted octanol–water partition coefficient (Wildman–Crippen LogP) is 3.37. The van der Waals surface area contributed by atoms with E-state index >= 15 is 0 Å². The van der Waals surface area contributed by atoms with Crippen molar-refractivity contribution in [3.63, 3.8) is 0 Å². The molecule has 5 heteroatoms. The summed E-state index contributed by atoms with van der Waals surface area (Å²) in [7, 11) is 0. The first kappa shape index (κ1) is 21.1. The summed E-state index contributed by atoms with van der Waals surface area (Å²) in [6.07, 6.45) is 0.888. The number of rotatable bonds is 6. The van der Waals surface area contributed by atoms with Crippen LogP contribution >= 0.6 is 0 Å². The van der Waals surface area contributed by atoms with Crippen molar-refractivity contribution in [3.05, 3.63) is 60.2 Å². The Balaban J connectivity index is 1.58. The van der Waals surface area contributed by atoms with Crippen LogP contribution in [0.5, 0.6) is 0 Å². The Bertz CT molecular complexity index is 801. The van der Waals surface area contributed by atoms with Crippen LogP contribution in [0.4, 0.5) is 0 Å². The maximum atomic E-state index is 13.0. The van der Waals surface area contributed by atoms with Gasteiger partial charge in [-0.05, 0) is 43.5 Å². The number of nitrogens with zero attached hydrogens (tertiary/aromatic N) is 3. The minimum atomic E-state index is 0.0709. The molecule has 0 aliphatic carbocycles. The zero-order valence-electron chi connectivity index (χ0n) is 17.5. The van der Waals surface area contributed by atoms with E-state index in [1.54, 1.807) is 0 Å². The van der Waals surface area contributed by atoms with Crippen molar-refractivity contribution in [3.8, 4) is 11.1 Å². The molecule has 0 N–H and O–H groups in total. The van der Waals surface area contributed by atoms with Crippen molar-refractivity contribution >= 4 is 11.8 Å². The van der Waals surface area contributed by atoms with Crippen LogP contribution in [0.1, 0.15) is 30.6 Å². The molecule has 0 radical (unpaired) electrons. The SMILES string of the molecule is CCN(CC)C(=O)CN1CCCN(C(=O)c2ccc(-c3ccccc3)cc2)CC1. The molecule has 0 unspecified atom stereocenters. The zero-order valence-corrected chi connectivity index (χ0v) is 17.5. The molecular formula is C24H31N3O2. The number of hydrogen-bond donors (Lipinski definition) is 0. The molecule has 0 spiro atoms. The van der Waals surface area contributed by atoms with Crippen LogP contribution in [0.2, 0.25) is 0 Å². The number of likely N-dealkylation sites (N-methyl/N-ethyl adjacent to an activating group) is 1. The molecule has 1 saturated heterocycles. The lowest BCUT2D eigenvalue weighted by atomic mass is 10.0. The van der Waals surface area contributed by atoms with Gasteiger partial charge in [0.25, 0.3) is 5.91 Å². The van der Waals surface area contributed by atoms with E-state index in [-0.39, 0.29) is 11.8 Å². The van der Waals surface area contributed by atoms with Gasteiger partial charge in [0.15, 0.2) is 0 Å². The van der Waals surface area contributed by atoms with Gasteiger partial charge in [0, 0.05) is 44.8 Å². The zero-order chi connectivity index (χ0) is 20.6. The summed E-state index contributed by atoms with van der Waals surface area (Å²) in [4.78, 5) is 31.3. The van der Waals surface area contributed by atoms with Crippen molar-refractivity contribution in [1.29, 1.82) is 0 Å². The molecular weight excluding hydrogens is 362 g/mol. The first-order valence-corrected chi connectivity index (χ1v) is 10.6. The standard InChI is InChI=1S/C24H31N3O2/c1-3-26(4-2)23(28)19-25-15-8-16-27(18-17-25)24(29)22-13-11-21(12-14-22)20-9-6-5-7-10-20/h5-7,9-14H,3-4,8,15-19H2,1-2H3. The molecule has 154 valence electrons. The fraction of sp³-hybridized carbons (Fsp3) is 0.417. The van der Waals surface area contributed by atoms with Gasteiger partial charge in [0.05, 0.1) is 6.54 Å². The smallest absolute Gasteiger partial charge is 0.253 e. The lowest BCUT2D eigenvalue weighted by Crippen LogP contribution is -2.42. The van der Waals surface area contributed by atoms with Crippen LogP contribution in [0.3, 0.4) is 0 Å². The van der Waals surface area contributed by atoms with Crippen molar-refractivity contribution < 1.29 is 9.59 Å². The maximum Gasteiger partial charge on any atom is 0.253 e. The van der Waals surface area contributed by atoms with E-state index in [1.807, 2.05) is 66.1 Å². The third kappa shape index (κ3) is 5.45. The summed E-state index contributed by atoms with van der Waals surface area (Å²) in [5, 5.41) is 0. The van der Waals surface area contributed by atoms with Gasteiger partial charge in [-0.15, -0.1) is 0 Å². The van der Waals surface area contributed by atoms with Gasteiger partial charge in [-0.3, -0.25) is 14.5 Å². The van der Waals surface area contributed by atoms with Gasteiger partial charge in [-0.2, -0.15) is 0 Å².